The number of thioether (sulfide) groups is 1. The maximum Gasteiger partial charge on any atom is 0.313 e. The van der Waals surface area contributed by atoms with Crippen molar-refractivity contribution in [1.82, 2.24) is 9.71 Å². The fourth-order valence-corrected chi connectivity index (χ4v) is 2.73. The molecule has 16 heavy (non-hydrogen) atoms. The van der Waals surface area contributed by atoms with Crippen molar-refractivity contribution in [3.63, 3.8) is 0 Å². The van der Waals surface area contributed by atoms with Crippen molar-refractivity contribution in [2.75, 3.05) is 5.75 Å². The molecule has 0 amide bonds. The summed E-state index contributed by atoms with van der Waals surface area (Å²) in [6, 6.07) is 1.70. The van der Waals surface area contributed by atoms with E-state index in [1.54, 1.807) is 24.5 Å². The Morgan fingerprint density at radius 1 is 1.62 bits per heavy atom. The summed E-state index contributed by atoms with van der Waals surface area (Å²) in [5, 5.41) is 8.54. The van der Waals surface area contributed by atoms with Crippen LogP contribution in [-0.4, -0.2) is 26.0 Å². The molecule has 1 aliphatic rings. The van der Waals surface area contributed by atoms with Crippen molar-refractivity contribution in [2.24, 2.45) is 0 Å². The first-order valence-corrected chi connectivity index (χ1v) is 6.49. The van der Waals surface area contributed by atoms with Crippen LogP contribution in [0.5, 0.6) is 0 Å². The Labute approximate surface area is 98.6 Å². The predicted molar refractivity (Wildman–Crippen MR) is 61.2 cm³/mol. The number of carboxylic acids is 1. The summed E-state index contributed by atoms with van der Waals surface area (Å²) in [6.07, 6.45) is 4.89. The highest BCUT2D eigenvalue weighted by atomic mass is 32.2. The number of carboxylic acid groups (broad SMARTS) is 1. The summed E-state index contributed by atoms with van der Waals surface area (Å²) in [4.78, 5) is 15.8. The second-order valence-corrected chi connectivity index (χ2v) is 5.22. The molecule has 2 N–H and O–H groups in total. The van der Waals surface area contributed by atoms with Crippen molar-refractivity contribution in [1.29, 1.82) is 0 Å². The van der Waals surface area contributed by atoms with Gasteiger partial charge in [0.1, 0.15) is 0 Å². The Morgan fingerprint density at radius 3 is 3.19 bits per heavy atom. The second kappa shape index (κ2) is 4.67. The molecule has 0 saturated carbocycles. The third-order valence-electron chi connectivity index (χ3n) is 1.84. The summed E-state index contributed by atoms with van der Waals surface area (Å²) in [7, 11) is -1.30. The fourth-order valence-electron chi connectivity index (χ4n) is 1.17. The van der Waals surface area contributed by atoms with Crippen molar-refractivity contribution < 1.29 is 14.1 Å². The molecule has 0 radical (unpaired) electrons. The number of fused-ring (bicyclic) bond motifs is 1. The molecule has 1 unspecified atom stereocenters. The van der Waals surface area contributed by atoms with E-state index in [0.717, 1.165) is 11.8 Å². The van der Waals surface area contributed by atoms with E-state index in [2.05, 4.69) is 9.71 Å². The van der Waals surface area contributed by atoms with Crippen LogP contribution in [0.15, 0.2) is 28.3 Å². The summed E-state index contributed by atoms with van der Waals surface area (Å²) in [5.41, 5.74) is 0.650. The summed E-state index contributed by atoms with van der Waals surface area (Å²) in [6.45, 7) is 0. The van der Waals surface area contributed by atoms with E-state index in [4.69, 9.17) is 5.11 Å². The third-order valence-corrected chi connectivity index (χ3v) is 3.86. The smallest absolute Gasteiger partial charge is 0.313 e. The molecule has 1 aromatic heterocycles. The number of aromatic nitrogens is 1. The van der Waals surface area contributed by atoms with Gasteiger partial charge in [0.25, 0.3) is 0 Å². The van der Waals surface area contributed by atoms with Gasteiger partial charge in [-0.1, -0.05) is 0 Å². The van der Waals surface area contributed by atoms with E-state index in [-0.39, 0.29) is 5.75 Å². The lowest BCUT2D eigenvalue weighted by Crippen LogP contribution is -2.15. The van der Waals surface area contributed by atoms with Crippen molar-refractivity contribution in [3.8, 4) is 0 Å². The van der Waals surface area contributed by atoms with Crippen LogP contribution < -0.4 is 4.72 Å². The zero-order chi connectivity index (χ0) is 11.5. The zero-order valence-electron chi connectivity index (χ0n) is 8.04. The number of nitrogens with zero attached hydrogens (tertiary/aromatic N) is 1. The minimum absolute atomic E-state index is 0.0314. The number of rotatable bonds is 3. The van der Waals surface area contributed by atoms with Crippen LogP contribution in [0.1, 0.15) is 5.69 Å². The SMILES string of the molecule is O=C(O)CSc1cnc2c(c1)S(=O)NC=C2. The first-order chi connectivity index (χ1) is 7.66. The molecule has 2 heterocycles. The van der Waals surface area contributed by atoms with Gasteiger partial charge in [-0.05, 0) is 12.1 Å². The summed E-state index contributed by atoms with van der Waals surface area (Å²) < 4.78 is 14.2. The number of pyridine rings is 1. The summed E-state index contributed by atoms with van der Waals surface area (Å²) >= 11 is 1.16. The predicted octanol–water partition coefficient (Wildman–Crippen LogP) is 0.855. The highest BCUT2D eigenvalue weighted by Crippen LogP contribution is 2.23. The molecule has 1 aliphatic heterocycles. The van der Waals surface area contributed by atoms with Gasteiger partial charge in [0, 0.05) is 17.3 Å². The molecule has 84 valence electrons. The normalized spacial score (nSPS) is 17.6. The zero-order valence-corrected chi connectivity index (χ0v) is 9.68. The minimum Gasteiger partial charge on any atom is -0.481 e. The van der Waals surface area contributed by atoms with Crippen molar-refractivity contribution in [2.45, 2.75) is 9.79 Å². The molecule has 1 aromatic rings. The first kappa shape index (κ1) is 11.2. The van der Waals surface area contributed by atoms with Crippen molar-refractivity contribution >= 4 is 34.8 Å². The lowest BCUT2D eigenvalue weighted by Gasteiger charge is -2.11. The largest absolute Gasteiger partial charge is 0.481 e. The van der Waals surface area contributed by atoms with Gasteiger partial charge in [0.2, 0.25) is 0 Å². The van der Waals surface area contributed by atoms with E-state index in [9.17, 15) is 9.00 Å². The highest BCUT2D eigenvalue weighted by molar-refractivity contribution is 8.00. The fraction of sp³-hybridized carbons (Fsp3) is 0.111. The monoisotopic (exact) mass is 256 g/mol. The molecule has 0 aromatic carbocycles. The van der Waals surface area contributed by atoms with Crippen LogP contribution in [-0.2, 0) is 15.8 Å². The van der Waals surface area contributed by atoms with Crippen LogP contribution >= 0.6 is 11.8 Å². The van der Waals surface area contributed by atoms with E-state index in [1.165, 1.54) is 0 Å². The lowest BCUT2D eigenvalue weighted by molar-refractivity contribution is -0.133. The molecular weight excluding hydrogens is 248 g/mol. The van der Waals surface area contributed by atoms with Gasteiger partial charge in [-0.25, -0.2) is 4.21 Å². The van der Waals surface area contributed by atoms with Gasteiger partial charge in [-0.3, -0.25) is 9.78 Å². The van der Waals surface area contributed by atoms with E-state index < -0.39 is 17.0 Å². The standard InChI is InChI=1S/C9H8N2O3S2/c12-9(13)5-15-6-3-8-7(10-4-6)1-2-11-16(8)14/h1-4,11H,5H2,(H,12,13). The number of carbonyl (C=O) groups is 1. The molecule has 2 rings (SSSR count). The Balaban J connectivity index is 2.24. The Hall–Kier alpha value is -1.34. The minimum atomic E-state index is -1.30. The quantitative estimate of drug-likeness (QED) is 0.784. The van der Waals surface area contributed by atoms with Gasteiger partial charge >= 0.3 is 5.97 Å². The first-order valence-electron chi connectivity index (χ1n) is 4.36. The van der Waals surface area contributed by atoms with Crippen LogP contribution in [0.2, 0.25) is 0 Å². The van der Waals surface area contributed by atoms with Crippen LogP contribution in [0.3, 0.4) is 0 Å². The molecule has 0 fully saturated rings. The average Bonchev–Trinajstić information content (AvgIpc) is 2.27. The third kappa shape index (κ3) is 2.42. The van der Waals surface area contributed by atoms with Gasteiger partial charge in [0.05, 0.1) is 16.3 Å². The van der Waals surface area contributed by atoms with E-state index >= 15 is 0 Å². The van der Waals surface area contributed by atoms with Crippen LogP contribution in [0.25, 0.3) is 6.08 Å². The Bertz CT molecular complexity index is 488. The molecule has 0 aliphatic carbocycles. The number of hydrogen-bond acceptors (Lipinski definition) is 4. The topological polar surface area (TPSA) is 79.3 Å². The van der Waals surface area contributed by atoms with E-state index in [1.807, 2.05) is 0 Å². The molecule has 0 bridgehead atoms. The van der Waals surface area contributed by atoms with E-state index in [0.29, 0.717) is 15.5 Å². The Morgan fingerprint density at radius 2 is 2.44 bits per heavy atom. The summed E-state index contributed by atoms with van der Waals surface area (Å²) in [5.74, 6) is -0.919. The molecular formula is C9H8N2O3S2. The van der Waals surface area contributed by atoms with Gasteiger partial charge in [-0.2, -0.15) is 0 Å². The maximum absolute atomic E-state index is 11.6. The van der Waals surface area contributed by atoms with Gasteiger partial charge in [0.15, 0.2) is 11.0 Å². The molecule has 5 nitrogen and oxygen atoms in total. The van der Waals surface area contributed by atoms with Crippen molar-refractivity contribution in [3.05, 3.63) is 24.2 Å². The molecule has 0 spiro atoms. The lowest BCUT2D eigenvalue weighted by atomic mass is 10.3. The van der Waals surface area contributed by atoms with Crippen LogP contribution in [0, 0.1) is 0 Å². The molecule has 1 atom stereocenters. The second-order valence-electron chi connectivity index (χ2n) is 2.96. The van der Waals surface area contributed by atoms with Gasteiger partial charge < -0.3 is 9.83 Å². The number of hydrogen-bond donors (Lipinski definition) is 2. The van der Waals surface area contributed by atoms with Gasteiger partial charge in [-0.15, -0.1) is 11.8 Å². The van der Waals surface area contributed by atoms with Crippen LogP contribution in [0.4, 0.5) is 0 Å². The molecule has 0 saturated heterocycles. The maximum atomic E-state index is 11.6. The average molecular weight is 256 g/mol. The highest BCUT2D eigenvalue weighted by Gasteiger charge is 2.13. The Kier molecular flexibility index (Phi) is 3.25. The number of nitrogens with one attached hydrogen (secondary N) is 1. The molecule has 7 heteroatoms. The number of aliphatic carboxylic acids is 1.